The Morgan fingerprint density at radius 3 is 2.26 bits per heavy atom. The standard InChI is InChI=1S/C27H26N2O6/c1-17-10-11-24(22(14-17)26(32)28-12-13-34-16-25(30)31)29-27(33)35-15-23-20-8-4-2-6-18(20)19-7-3-5-9-21(19)23/h2-11,14,23H,12-13,15-16H2,1H3,(H,28,32)(H,29,33)(H,30,31). The summed E-state index contributed by atoms with van der Waals surface area (Å²) in [6, 6.07) is 21.2. The zero-order valence-electron chi connectivity index (χ0n) is 19.2. The van der Waals surface area contributed by atoms with Gasteiger partial charge in [-0.15, -0.1) is 0 Å². The van der Waals surface area contributed by atoms with E-state index in [2.05, 4.69) is 22.8 Å². The number of nitrogens with one attached hydrogen (secondary N) is 2. The van der Waals surface area contributed by atoms with Crippen molar-refractivity contribution in [3.05, 3.63) is 89.0 Å². The molecule has 0 atom stereocenters. The number of aliphatic carboxylic acids is 1. The Hall–Kier alpha value is -4.17. The topological polar surface area (TPSA) is 114 Å². The molecule has 0 bridgehead atoms. The third kappa shape index (κ3) is 5.67. The van der Waals surface area contributed by atoms with Gasteiger partial charge in [0.25, 0.3) is 5.91 Å². The Morgan fingerprint density at radius 1 is 0.943 bits per heavy atom. The number of hydrogen-bond acceptors (Lipinski definition) is 5. The molecule has 0 fully saturated rings. The van der Waals surface area contributed by atoms with Gasteiger partial charge < -0.3 is 19.9 Å². The molecule has 0 radical (unpaired) electrons. The molecular formula is C27H26N2O6. The van der Waals surface area contributed by atoms with Crippen LogP contribution >= 0.6 is 0 Å². The quantitative estimate of drug-likeness (QED) is 0.401. The second-order valence-corrected chi connectivity index (χ2v) is 8.20. The lowest BCUT2D eigenvalue weighted by Crippen LogP contribution is -2.29. The first-order valence-electron chi connectivity index (χ1n) is 11.2. The summed E-state index contributed by atoms with van der Waals surface area (Å²) in [5, 5.41) is 13.9. The number of hydrogen-bond donors (Lipinski definition) is 3. The van der Waals surface area contributed by atoms with Crippen LogP contribution in [0.4, 0.5) is 10.5 Å². The molecule has 0 heterocycles. The van der Waals surface area contributed by atoms with Gasteiger partial charge in [0.2, 0.25) is 0 Å². The lowest BCUT2D eigenvalue weighted by atomic mass is 9.98. The van der Waals surface area contributed by atoms with Crippen molar-refractivity contribution < 1.29 is 29.0 Å². The number of aryl methyl sites for hydroxylation is 1. The highest BCUT2D eigenvalue weighted by atomic mass is 16.5. The van der Waals surface area contributed by atoms with Crippen LogP contribution in [-0.2, 0) is 14.3 Å². The Morgan fingerprint density at radius 2 is 1.60 bits per heavy atom. The highest BCUT2D eigenvalue weighted by Gasteiger charge is 2.29. The predicted molar refractivity (Wildman–Crippen MR) is 131 cm³/mol. The maximum absolute atomic E-state index is 12.7. The normalized spacial score (nSPS) is 11.9. The van der Waals surface area contributed by atoms with Crippen LogP contribution in [-0.4, -0.2) is 49.4 Å². The number of anilines is 1. The molecule has 1 aliphatic rings. The van der Waals surface area contributed by atoms with E-state index in [1.807, 2.05) is 43.3 Å². The summed E-state index contributed by atoms with van der Waals surface area (Å²) in [4.78, 5) is 35.8. The second-order valence-electron chi connectivity index (χ2n) is 8.20. The first kappa shape index (κ1) is 24.0. The fraction of sp³-hybridized carbons (Fsp3) is 0.222. The Kier molecular flexibility index (Phi) is 7.42. The molecule has 1 aliphatic carbocycles. The number of amides is 2. The van der Waals surface area contributed by atoms with E-state index in [9.17, 15) is 14.4 Å². The molecule has 0 spiro atoms. The number of benzene rings is 3. The van der Waals surface area contributed by atoms with Gasteiger partial charge in [-0.25, -0.2) is 9.59 Å². The molecule has 3 aromatic rings. The summed E-state index contributed by atoms with van der Waals surface area (Å²) < 4.78 is 10.5. The van der Waals surface area contributed by atoms with Gasteiger partial charge in [-0.3, -0.25) is 10.1 Å². The van der Waals surface area contributed by atoms with Crippen LogP contribution in [0.5, 0.6) is 0 Å². The minimum Gasteiger partial charge on any atom is -0.480 e. The van der Waals surface area contributed by atoms with E-state index in [0.29, 0.717) is 5.69 Å². The van der Waals surface area contributed by atoms with Crippen LogP contribution in [0, 0.1) is 6.92 Å². The maximum atomic E-state index is 12.7. The smallest absolute Gasteiger partial charge is 0.411 e. The fourth-order valence-corrected chi connectivity index (χ4v) is 4.19. The lowest BCUT2D eigenvalue weighted by molar-refractivity contribution is -0.142. The molecule has 0 saturated carbocycles. The van der Waals surface area contributed by atoms with Gasteiger partial charge in [0.05, 0.1) is 17.9 Å². The molecule has 0 aliphatic heterocycles. The van der Waals surface area contributed by atoms with Crippen molar-refractivity contribution >= 4 is 23.7 Å². The van der Waals surface area contributed by atoms with Crippen molar-refractivity contribution in [3.63, 3.8) is 0 Å². The van der Waals surface area contributed by atoms with Gasteiger partial charge >= 0.3 is 12.1 Å². The van der Waals surface area contributed by atoms with Crippen molar-refractivity contribution in [3.8, 4) is 11.1 Å². The maximum Gasteiger partial charge on any atom is 0.411 e. The summed E-state index contributed by atoms with van der Waals surface area (Å²) in [6.45, 7) is 1.75. The van der Waals surface area contributed by atoms with Crippen LogP contribution in [0.3, 0.4) is 0 Å². The summed E-state index contributed by atoms with van der Waals surface area (Å²) in [6.07, 6.45) is -0.658. The molecule has 4 rings (SSSR count). The van der Waals surface area contributed by atoms with Crippen LogP contribution in [0.15, 0.2) is 66.7 Å². The highest BCUT2D eigenvalue weighted by molar-refractivity contribution is 6.02. The van der Waals surface area contributed by atoms with E-state index in [0.717, 1.165) is 27.8 Å². The number of carboxylic acids is 1. The number of carbonyl (C=O) groups is 3. The van der Waals surface area contributed by atoms with Crippen LogP contribution in [0.1, 0.15) is 33.0 Å². The van der Waals surface area contributed by atoms with Gasteiger partial charge in [-0.1, -0.05) is 60.2 Å². The number of rotatable bonds is 9. The SMILES string of the molecule is Cc1ccc(NC(=O)OCC2c3ccccc3-c3ccccc32)c(C(=O)NCCOCC(=O)O)c1. The third-order valence-corrected chi connectivity index (χ3v) is 5.76. The molecule has 0 unspecified atom stereocenters. The Balaban J connectivity index is 1.39. The first-order valence-corrected chi connectivity index (χ1v) is 11.2. The number of carbonyl (C=O) groups excluding carboxylic acids is 2. The Bertz CT molecular complexity index is 1210. The molecule has 0 aromatic heterocycles. The molecule has 8 heteroatoms. The zero-order chi connectivity index (χ0) is 24.8. The summed E-state index contributed by atoms with van der Waals surface area (Å²) in [7, 11) is 0. The van der Waals surface area contributed by atoms with Crippen molar-refractivity contribution in [2.24, 2.45) is 0 Å². The molecule has 3 aromatic carbocycles. The van der Waals surface area contributed by atoms with E-state index in [1.165, 1.54) is 0 Å². The molecule has 35 heavy (non-hydrogen) atoms. The van der Waals surface area contributed by atoms with E-state index in [4.69, 9.17) is 14.6 Å². The monoisotopic (exact) mass is 474 g/mol. The van der Waals surface area contributed by atoms with E-state index in [1.54, 1.807) is 18.2 Å². The third-order valence-electron chi connectivity index (χ3n) is 5.76. The summed E-state index contributed by atoms with van der Waals surface area (Å²) >= 11 is 0. The van der Waals surface area contributed by atoms with E-state index < -0.39 is 24.6 Å². The average molecular weight is 475 g/mol. The van der Waals surface area contributed by atoms with Gasteiger partial charge in [0.15, 0.2) is 0 Å². The van der Waals surface area contributed by atoms with E-state index in [-0.39, 0.29) is 31.2 Å². The largest absolute Gasteiger partial charge is 0.480 e. The van der Waals surface area contributed by atoms with Crippen LogP contribution in [0.25, 0.3) is 11.1 Å². The van der Waals surface area contributed by atoms with Crippen molar-refractivity contribution in [1.82, 2.24) is 5.32 Å². The second kappa shape index (κ2) is 10.8. The average Bonchev–Trinajstić information content (AvgIpc) is 3.17. The first-order chi connectivity index (χ1) is 16.9. The fourth-order valence-electron chi connectivity index (χ4n) is 4.19. The zero-order valence-corrected chi connectivity index (χ0v) is 19.2. The summed E-state index contributed by atoms with van der Waals surface area (Å²) in [5.41, 5.74) is 5.94. The molecule has 3 N–H and O–H groups in total. The molecular weight excluding hydrogens is 448 g/mol. The minimum absolute atomic E-state index is 0.0546. The number of carboxylic acid groups (broad SMARTS) is 1. The summed E-state index contributed by atoms with van der Waals surface area (Å²) in [5.74, 6) is -1.56. The number of ether oxygens (including phenoxy) is 2. The van der Waals surface area contributed by atoms with Crippen molar-refractivity contribution in [2.45, 2.75) is 12.8 Å². The lowest BCUT2D eigenvalue weighted by Gasteiger charge is -2.16. The van der Waals surface area contributed by atoms with Gasteiger partial charge in [-0.2, -0.15) is 0 Å². The van der Waals surface area contributed by atoms with Crippen LogP contribution in [0.2, 0.25) is 0 Å². The molecule has 0 saturated heterocycles. The molecule has 8 nitrogen and oxygen atoms in total. The van der Waals surface area contributed by atoms with E-state index >= 15 is 0 Å². The minimum atomic E-state index is -1.08. The van der Waals surface area contributed by atoms with Crippen molar-refractivity contribution in [2.75, 3.05) is 31.7 Å². The van der Waals surface area contributed by atoms with Gasteiger partial charge in [0, 0.05) is 12.5 Å². The molecule has 2 amide bonds. The van der Waals surface area contributed by atoms with Crippen molar-refractivity contribution in [1.29, 1.82) is 0 Å². The number of fused-ring (bicyclic) bond motifs is 3. The highest BCUT2D eigenvalue weighted by Crippen LogP contribution is 2.44. The molecule has 180 valence electrons. The van der Waals surface area contributed by atoms with Gasteiger partial charge in [-0.05, 0) is 41.3 Å². The predicted octanol–water partition coefficient (Wildman–Crippen LogP) is 4.19. The van der Waals surface area contributed by atoms with Crippen LogP contribution < -0.4 is 10.6 Å². The Labute approximate surface area is 202 Å². The van der Waals surface area contributed by atoms with Gasteiger partial charge in [0.1, 0.15) is 13.2 Å².